The number of aliphatic hydroxyl groups excluding tert-OH is 1. The van der Waals surface area contributed by atoms with Crippen LogP contribution in [0.15, 0.2) is 41.4 Å². The Kier molecular flexibility index (Phi) is 3.86. The molecular weight excluding hydrogens is 244 g/mol. The topological polar surface area (TPSA) is 40.5 Å². The van der Waals surface area contributed by atoms with Crippen molar-refractivity contribution in [3.05, 3.63) is 47.0 Å². The van der Waals surface area contributed by atoms with E-state index in [1.165, 1.54) is 0 Å². The summed E-state index contributed by atoms with van der Waals surface area (Å²) in [6.07, 6.45) is 1.93. The van der Waals surface area contributed by atoms with Gasteiger partial charge in [0.2, 0.25) is 0 Å². The largest absolute Gasteiger partial charge is 0.393 e. The highest BCUT2D eigenvalue weighted by Gasteiger charge is 2.26. The molecule has 0 saturated carbocycles. The fourth-order valence-electron chi connectivity index (χ4n) is 1.27. The van der Waals surface area contributed by atoms with Gasteiger partial charge in [0.1, 0.15) is 5.60 Å². The molecule has 0 amide bonds. The van der Waals surface area contributed by atoms with Crippen LogP contribution in [0.3, 0.4) is 0 Å². The Morgan fingerprint density at radius 1 is 1.36 bits per heavy atom. The standard InChI is InChI=1S/C11H13BrO2/c1-2-7-11(14,8-13)9-3-5-10(12)6-4-9/h2-6,13-14H,1,7-8H2/t11-/m1/s1. The molecule has 1 aromatic rings. The van der Waals surface area contributed by atoms with Gasteiger partial charge in [-0.15, -0.1) is 6.58 Å². The minimum atomic E-state index is -1.21. The zero-order valence-corrected chi connectivity index (χ0v) is 9.37. The van der Waals surface area contributed by atoms with E-state index in [0.717, 1.165) is 4.47 Å². The van der Waals surface area contributed by atoms with Crippen LogP contribution in [0.25, 0.3) is 0 Å². The molecule has 2 N–H and O–H groups in total. The highest BCUT2D eigenvalue weighted by molar-refractivity contribution is 9.10. The van der Waals surface area contributed by atoms with Crippen molar-refractivity contribution in [2.24, 2.45) is 0 Å². The van der Waals surface area contributed by atoms with Gasteiger partial charge >= 0.3 is 0 Å². The maximum absolute atomic E-state index is 10.0. The lowest BCUT2D eigenvalue weighted by Gasteiger charge is -2.24. The van der Waals surface area contributed by atoms with E-state index < -0.39 is 5.60 Å². The molecule has 2 nitrogen and oxygen atoms in total. The fourth-order valence-corrected chi connectivity index (χ4v) is 1.54. The monoisotopic (exact) mass is 256 g/mol. The predicted octanol–water partition coefficient (Wildman–Crippen LogP) is 2.21. The molecule has 0 unspecified atom stereocenters. The molecule has 0 spiro atoms. The average Bonchev–Trinajstić information content (AvgIpc) is 2.19. The Morgan fingerprint density at radius 2 is 1.93 bits per heavy atom. The molecule has 0 fully saturated rings. The Labute approximate surface area is 92.0 Å². The summed E-state index contributed by atoms with van der Waals surface area (Å²) in [6.45, 7) is 3.25. The first-order valence-electron chi connectivity index (χ1n) is 4.32. The lowest BCUT2D eigenvalue weighted by Crippen LogP contribution is -2.29. The SMILES string of the molecule is C=CC[C@@](O)(CO)c1ccc(Br)cc1. The van der Waals surface area contributed by atoms with Crippen LogP contribution < -0.4 is 0 Å². The summed E-state index contributed by atoms with van der Waals surface area (Å²) < 4.78 is 0.945. The molecule has 76 valence electrons. The van der Waals surface area contributed by atoms with Gasteiger partial charge in [-0.05, 0) is 17.7 Å². The van der Waals surface area contributed by atoms with Crippen molar-refractivity contribution < 1.29 is 10.2 Å². The minimum Gasteiger partial charge on any atom is -0.393 e. The van der Waals surface area contributed by atoms with Crippen molar-refractivity contribution in [1.29, 1.82) is 0 Å². The average molecular weight is 257 g/mol. The second kappa shape index (κ2) is 4.73. The quantitative estimate of drug-likeness (QED) is 0.812. The summed E-state index contributed by atoms with van der Waals surface area (Å²) >= 11 is 3.31. The summed E-state index contributed by atoms with van der Waals surface area (Å²) in [5.74, 6) is 0. The van der Waals surface area contributed by atoms with Gasteiger partial charge in [0, 0.05) is 10.9 Å². The summed E-state index contributed by atoms with van der Waals surface area (Å²) in [7, 11) is 0. The van der Waals surface area contributed by atoms with Crippen LogP contribution in [-0.4, -0.2) is 16.8 Å². The summed E-state index contributed by atoms with van der Waals surface area (Å²) in [4.78, 5) is 0. The van der Waals surface area contributed by atoms with Crippen LogP contribution in [0.2, 0.25) is 0 Å². The zero-order valence-electron chi connectivity index (χ0n) is 7.78. The van der Waals surface area contributed by atoms with Crippen LogP contribution in [0.5, 0.6) is 0 Å². The molecule has 0 bridgehead atoms. The fraction of sp³-hybridized carbons (Fsp3) is 0.273. The smallest absolute Gasteiger partial charge is 0.116 e. The van der Waals surface area contributed by atoms with Gasteiger partial charge in [0.25, 0.3) is 0 Å². The summed E-state index contributed by atoms with van der Waals surface area (Å²) in [5, 5.41) is 19.2. The highest BCUT2D eigenvalue weighted by atomic mass is 79.9. The molecule has 0 radical (unpaired) electrons. The first kappa shape index (κ1) is 11.4. The van der Waals surface area contributed by atoms with Gasteiger partial charge in [-0.25, -0.2) is 0 Å². The predicted molar refractivity (Wildman–Crippen MR) is 59.9 cm³/mol. The molecule has 0 aliphatic carbocycles. The third-order valence-corrected chi connectivity index (χ3v) is 2.65. The number of hydrogen-bond acceptors (Lipinski definition) is 2. The van der Waals surface area contributed by atoms with E-state index in [4.69, 9.17) is 5.11 Å². The highest BCUT2D eigenvalue weighted by Crippen LogP contribution is 2.26. The van der Waals surface area contributed by atoms with Crippen LogP contribution >= 0.6 is 15.9 Å². The third-order valence-electron chi connectivity index (χ3n) is 2.13. The van der Waals surface area contributed by atoms with Crippen molar-refractivity contribution in [3.63, 3.8) is 0 Å². The van der Waals surface area contributed by atoms with Crippen molar-refractivity contribution in [2.45, 2.75) is 12.0 Å². The zero-order chi connectivity index (χ0) is 10.6. The van der Waals surface area contributed by atoms with E-state index in [2.05, 4.69) is 22.5 Å². The van der Waals surface area contributed by atoms with Gasteiger partial charge in [-0.2, -0.15) is 0 Å². The molecule has 14 heavy (non-hydrogen) atoms. The number of rotatable bonds is 4. The number of aliphatic hydroxyl groups is 2. The van der Waals surface area contributed by atoms with Gasteiger partial charge in [0.15, 0.2) is 0 Å². The number of hydrogen-bond donors (Lipinski definition) is 2. The Hall–Kier alpha value is -0.640. The van der Waals surface area contributed by atoms with Gasteiger partial charge < -0.3 is 10.2 Å². The lowest BCUT2D eigenvalue weighted by atomic mass is 9.91. The second-order valence-electron chi connectivity index (χ2n) is 3.19. The molecule has 0 heterocycles. The van der Waals surface area contributed by atoms with E-state index in [1.54, 1.807) is 18.2 Å². The summed E-state index contributed by atoms with van der Waals surface area (Å²) in [6, 6.07) is 7.23. The molecule has 0 aromatic heterocycles. The van der Waals surface area contributed by atoms with Crippen molar-refractivity contribution in [2.75, 3.05) is 6.61 Å². The van der Waals surface area contributed by atoms with Crippen LogP contribution in [-0.2, 0) is 5.60 Å². The Bertz CT molecular complexity index is 308. The molecule has 1 aromatic carbocycles. The van der Waals surface area contributed by atoms with Crippen LogP contribution in [0, 0.1) is 0 Å². The molecule has 0 aliphatic rings. The molecule has 3 heteroatoms. The van der Waals surface area contributed by atoms with Gasteiger partial charge in [-0.1, -0.05) is 34.1 Å². The minimum absolute atomic E-state index is 0.305. The van der Waals surface area contributed by atoms with Crippen molar-refractivity contribution in [3.8, 4) is 0 Å². The molecular formula is C11H13BrO2. The lowest BCUT2D eigenvalue weighted by molar-refractivity contribution is -0.0164. The van der Waals surface area contributed by atoms with Gasteiger partial charge in [-0.3, -0.25) is 0 Å². The summed E-state index contributed by atoms with van der Waals surface area (Å²) in [5.41, 5.74) is -0.509. The normalized spacial score (nSPS) is 14.8. The van der Waals surface area contributed by atoms with Crippen molar-refractivity contribution in [1.82, 2.24) is 0 Å². The Balaban J connectivity index is 2.99. The van der Waals surface area contributed by atoms with E-state index in [0.29, 0.717) is 12.0 Å². The molecule has 0 aliphatic heterocycles. The van der Waals surface area contributed by atoms with Crippen LogP contribution in [0.1, 0.15) is 12.0 Å². The maximum atomic E-state index is 10.0. The molecule has 1 rings (SSSR count). The number of halogens is 1. The van der Waals surface area contributed by atoms with Gasteiger partial charge in [0.05, 0.1) is 6.61 Å². The number of benzene rings is 1. The molecule has 0 saturated heterocycles. The maximum Gasteiger partial charge on any atom is 0.116 e. The Morgan fingerprint density at radius 3 is 2.36 bits per heavy atom. The first-order chi connectivity index (χ1) is 6.62. The van der Waals surface area contributed by atoms with Crippen LogP contribution in [0.4, 0.5) is 0 Å². The first-order valence-corrected chi connectivity index (χ1v) is 5.12. The van der Waals surface area contributed by atoms with E-state index in [9.17, 15) is 5.11 Å². The van der Waals surface area contributed by atoms with E-state index in [1.807, 2.05) is 12.1 Å². The van der Waals surface area contributed by atoms with E-state index in [-0.39, 0.29) is 6.61 Å². The van der Waals surface area contributed by atoms with E-state index >= 15 is 0 Å². The third kappa shape index (κ3) is 2.44. The van der Waals surface area contributed by atoms with Crippen molar-refractivity contribution >= 4 is 15.9 Å². The second-order valence-corrected chi connectivity index (χ2v) is 4.11. The molecule has 1 atom stereocenters.